The van der Waals surface area contributed by atoms with Crippen LogP contribution in [0.3, 0.4) is 0 Å². The summed E-state index contributed by atoms with van der Waals surface area (Å²) in [5.74, 6) is 0.905. The number of rotatable bonds is 5. The Kier molecular flexibility index (Phi) is 5.72. The average molecular weight is 341 g/mol. The lowest BCUT2D eigenvalue weighted by Crippen LogP contribution is -2.34. The van der Waals surface area contributed by atoms with Crippen LogP contribution in [0.25, 0.3) is 0 Å². The number of nitrogens with one attached hydrogen (secondary N) is 1. The molecule has 114 valence electrons. The molecule has 0 spiro atoms. The Hall–Kier alpha value is -0.550. The Morgan fingerprint density at radius 2 is 1.90 bits per heavy atom. The number of hydrogen-bond donors (Lipinski definition) is 1. The van der Waals surface area contributed by atoms with Gasteiger partial charge in [-0.3, -0.25) is 0 Å². The van der Waals surface area contributed by atoms with Gasteiger partial charge in [0.1, 0.15) is 5.01 Å². The topological polar surface area (TPSA) is 24.9 Å². The normalized spacial score (nSPS) is 11.9. The molecule has 0 bridgehead atoms. The average Bonchev–Trinajstić information content (AvgIpc) is 2.76. The van der Waals surface area contributed by atoms with E-state index in [1.807, 2.05) is 12.1 Å². The van der Waals surface area contributed by atoms with Crippen LogP contribution in [-0.4, -0.2) is 10.5 Å². The highest BCUT2D eigenvalue weighted by molar-refractivity contribution is 7.98. The maximum atomic E-state index is 5.90. The van der Waals surface area contributed by atoms with E-state index >= 15 is 0 Å². The predicted molar refractivity (Wildman–Crippen MR) is 94.5 cm³/mol. The fraction of sp³-hybridized carbons (Fsp3) is 0.438. The van der Waals surface area contributed by atoms with E-state index in [4.69, 9.17) is 11.6 Å². The molecule has 0 saturated heterocycles. The van der Waals surface area contributed by atoms with E-state index in [-0.39, 0.29) is 5.54 Å². The zero-order valence-corrected chi connectivity index (χ0v) is 15.3. The third-order valence-electron chi connectivity index (χ3n) is 2.89. The number of thioether (sulfide) groups is 1. The Morgan fingerprint density at radius 3 is 2.52 bits per heavy atom. The number of thiazole rings is 1. The first-order valence-corrected chi connectivity index (χ1v) is 9.10. The molecule has 0 atom stereocenters. The largest absolute Gasteiger partial charge is 0.307 e. The molecule has 2 rings (SSSR count). The van der Waals surface area contributed by atoms with Gasteiger partial charge in [0.05, 0.1) is 11.4 Å². The first kappa shape index (κ1) is 16.8. The van der Waals surface area contributed by atoms with Crippen molar-refractivity contribution in [1.82, 2.24) is 10.3 Å². The number of aryl methyl sites for hydroxylation is 1. The monoisotopic (exact) mass is 340 g/mol. The summed E-state index contributed by atoms with van der Waals surface area (Å²) in [5.41, 5.74) is 1.28. The van der Waals surface area contributed by atoms with Crippen molar-refractivity contribution in [3.8, 4) is 0 Å². The fourth-order valence-electron chi connectivity index (χ4n) is 1.74. The minimum absolute atomic E-state index is 0.134. The van der Waals surface area contributed by atoms with Gasteiger partial charge in [0.25, 0.3) is 0 Å². The molecule has 0 aliphatic rings. The van der Waals surface area contributed by atoms with E-state index in [1.54, 1.807) is 23.1 Å². The van der Waals surface area contributed by atoms with Gasteiger partial charge in [0.15, 0.2) is 0 Å². The summed E-state index contributed by atoms with van der Waals surface area (Å²) >= 11 is 9.50. The molecular formula is C16H21ClN2S2. The van der Waals surface area contributed by atoms with Crippen LogP contribution in [-0.2, 0) is 12.3 Å². The molecule has 2 nitrogen and oxygen atoms in total. The van der Waals surface area contributed by atoms with E-state index in [0.29, 0.717) is 0 Å². The number of aromatic nitrogens is 1. The van der Waals surface area contributed by atoms with Gasteiger partial charge in [0, 0.05) is 26.9 Å². The summed E-state index contributed by atoms with van der Waals surface area (Å²) in [6.07, 6.45) is 0. The van der Waals surface area contributed by atoms with E-state index in [0.717, 1.165) is 23.0 Å². The van der Waals surface area contributed by atoms with Gasteiger partial charge in [-0.1, -0.05) is 11.6 Å². The highest BCUT2D eigenvalue weighted by Crippen LogP contribution is 2.27. The van der Waals surface area contributed by atoms with Crippen LogP contribution in [0.1, 0.15) is 36.3 Å². The summed E-state index contributed by atoms with van der Waals surface area (Å²) in [7, 11) is 0. The summed E-state index contributed by atoms with van der Waals surface area (Å²) in [5, 5.41) is 5.48. The molecule has 2 aromatic rings. The lowest BCUT2D eigenvalue weighted by Gasteiger charge is -2.19. The van der Waals surface area contributed by atoms with Gasteiger partial charge in [-0.15, -0.1) is 23.1 Å². The van der Waals surface area contributed by atoms with Crippen LogP contribution in [0.4, 0.5) is 0 Å². The highest BCUT2D eigenvalue weighted by atomic mass is 35.5. The van der Waals surface area contributed by atoms with Crippen molar-refractivity contribution in [2.24, 2.45) is 0 Å². The number of halogens is 1. The minimum Gasteiger partial charge on any atom is -0.307 e. The summed E-state index contributed by atoms with van der Waals surface area (Å²) < 4.78 is 0. The van der Waals surface area contributed by atoms with Gasteiger partial charge in [-0.2, -0.15) is 0 Å². The summed E-state index contributed by atoms with van der Waals surface area (Å²) in [4.78, 5) is 7.23. The van der Waals surface area contributed by atoms with Crippen molar-refractivity contribution in [3.05, 3.63) is 44.9 Å². The van der Waals surface area contributed by atoms with E-state index < -0.39 is 0 Å². The van der Waals surface area contributed by atoms with E-state index in [2.05, 4.69) is 50.1 Å². The smallest absolute Gasteiger partial charge is 0.103 e. The second kappa shape index (κ2) is 7.14. The minimum atomic E-state index is 0.134. The SMILES string of the molecule is Cc1nc(CSc2ccc(Cl)cc2)sc1CNC(C)(C)C. The zero-order valence-electron chi connectivity index (χ0n) is 12.9. The van der Waals surface area contributed by atoms with Gasteiger partial charge in [-0.25, -0.2) is 4.98 Å². The van der Waals surface area contributed by atoms with Crippen LogP contribution >= 0.6 is 34.7 Å². The Labute approximate surface area is 140 Å². The third kappa shape index (κ3) is 5.62. The fourth-order valence-corrected chi connectivity index (χ4v) is 3.76. The predicted octanol–water partition coefficient (Wildman–Crippen LogP) is 5.29. The molecule has 21 heavy (non-hydrogen) atoms. The van der Waals surface area contributed by atoms with Crippen molar-refractivity contribution in [1.29, 1.82) is 0 Å². The van der Waals surface area contributed by atoms with Crippen molar-refractivity contribution in [2.45, 2.75) is 50.4 Å². The molecule has 0 aliphatic heterocycles. The highest BCUT2D eigenvalue weighted by Gasteiger charge is 2.12. The summed E-state index contributed by atoms with van der Waals surface area (Å²) in [6, 6.07) is 7.95. The number of nitrogens with zero attached hydrogens (tertiary/aromatic N) is 1. The van der Waals surface area contributed by atoms with Crippen LogP contribution in [0.15, 0.2) is 29.2 Å². The lowest BCUT2D eigenvalue weighted by molar-refractivity contribution is 0.425. The molecule has 0 amide bonds. The summed E-state index contributed by atoms with van der Waals surface area (Å²) in [6.45, 7) is 9.52. The molecule has 0 unspecified atom stereocenters. The number of hydrogen-bond acceptors (Lipinski definition) is 4. The molecule has 1 aromatic heterocycles. The van der Waals surface area contributed by atoms with Gasteiger partial charge >= 0.3 is 0 Å². The Balaban J connectivity index is 1.94. The van der Waals surface area contributed by atoms with Crippen LogP contribution < -0.4 is 5.32 Å². The molecule has 0 fully saturated rings. The second-order valence-electron chi connectivity index (χ2n) is 5.96. The second-order valence-corrected chi connectivity index (χ2v) is 8.62. The molecule has 1 aromatic carbocycles. The van der Waals surface area contributed by atoms with Gasteiger partial charge in [0.2, 0.25) is 0 Å². The first-order chi connectivity index (χ1) is 9.83. The van der Waals surface area contributed by atoms with Crippen LogP contribution in [0, 0.1) is 6.92 Å². The maximum Gasteiger partial charge on any atom is 0.103 e. The van der Waals surface area contributed by atoms with Crippen molar-refractivity contribution in [3.63, 3.8) is 0 Å². The molecule has 1 heterocycles. The van der Waals surface area contributed by atoms with Crippen molar-refractivity contribution >= 4 is 34.7 Å². The third-order valence-corrected chi connectivity index (χ3v) is 5.51. The van der Waals surface area contributed by atoms with E-state index in [9.17, 15) is 0 Å². The van der Waals surface area contributed by atoms with Crippen LogP contribution in [0.2, 0.25) is 5.02 Å². The Bertz CT molecular complexity index is 585. The maximum absolute atomic E-state index is 5.90. The van der Waals surface area contributed by atoms with Gasteiger partial charge < -0.3 is 5.32 Å². The van der Waals surface area contributed by atoms with Crippen molar-refractivity contribution in [2.75, 3.05) is 0 Å². The molecule has 5 heteroatoms. The standard InChI is InChI=1S/C16H21ClN2S2/c1-11-14(9-18-16(2,3)4)21-15(19-11)10-20-13-7-5-12(17)6-8-13/h5-8,18H,9-10H2,1-4H3. The molecular weight excluding hydrogens is 320 g/mol. The van der Waals surface area contributed by atoms with Gasteiger partial charge in [-0.05, 0) is 52.0 Å². The Morgan fingerprint density at radius 1 is 1.24 bits per heavy atom. The molecule has 0 saturated carbocycles. The first-order valence-electron chi connectivity index (χ1n) is 6.92. The zero-order chi connectivity index (χ0) is 15.5. The lowest BCUT2D eigenvalue weighted by atomic mass is 10.1. The van der Waals surface area contributed by atoms with E-state index in [1.165, 1.54) is 14.8 Å². The molecule has 1 N–H and O–H groups in total. The molecule has 0 radical (unpaired) electrons. The quantitative estimate of drug-likeness (QED) is 0.749. The van der Waals surface area contributed by atoms with Crippen LogP contribution in [0.5, 0.6) is 0 Å². The number of benzene rings is 1. The van der Waals surface area contributed by atoms with Crippen molar-refractivity contribution < 1.29 is 0 Å². The molecule has 0 aliphatic carbocycles.